The van der Waals surface area contributed by atoms with E-state index < -0.39 is 65.8 Å². The van der Waals surface area contributed by atoms with E-state index in [1.165, 1.54) is 4.90 Å². The van der Waals surface area contributed by atoms with Crippen LogP contribution in [0.5, 0.6) is 0 Å². The minimum atomic E-state index is -1.04. The number of aliphatic hydroxyl groups is 1. The monoisotopic (exact) mass is 737 g/mol. The first-order valence-corrected chi connectivity index (χ1v) is 19.4. The second-order valence-corrected chi connectivity index (χ2v) is 18.6. The van der Waals surface area contributed by atoms with Crippen molar-refractivity contribution in [3.05, 3.63) is 35.4 Å². The van der Waals surface area contributed by atoms with Gasteiger partial charge in [-0.25, -0.2) is 9.59 Å². The maximum Gasteiger partial charge on any atom is 0.481 e. The van der Waals surface area contributed by atoms with Crippen molar-refractivity contribution >= 4 is 31.1 Å². The summed E-state index contributed by atoms with van der Waals surface area (Å²) in [5.74, 6) is -0.367. The molecule has 2 saturated heterocycles. The number of hydrogen-bond acceptors (Lipinski definition) is 8. The molecule has 2 bridgehead atoms. The molecule has 1 aromatic carbocycles. The van der Waals surface area contributed by atoms with Crippen molar-refractivity contribution in [2.75, 3.05) is 13.2 Å². The second kappa shape index (κ2) is 14.4. The Hall–Kier alpha value is -3.36. The zero-order valence-electron chi connectivity index (χ0n) is 33.0. The standard InChI is InChI=1S/C39H60BN5O8/c1-10-13-30(40-52-29-17-25-16-28(38(25,7)8)39(29,9)53-40)41-32(47)27-18-26(51-35(50)44-19-23-14-11-12-15-24(23)20-44)21-45(27)33(48)31(36(2,3)4)42-34(49)43-37(5,6)22-46/h11-12,14-15,25-31,46H,10,13,16-22H2,1-9H3,(H,41,47)(H2,42,43,49)/t25-,26+,27-,28-,29+,30-,31+,39-/m0/s1. The molecule has 7 rings (SSSR count). The molecular weight excluding hydrogens is 677 g/mol. The predicted molar refractivity (Wildman–Crippen MR) is 199 cm³/mol. The molecule has 1 aromatic rings. The molecule has 53 heavy (non-hydrogen) atoms. The van der Waals surface area contributed by atoms with Crippen LogP contribution in [0.4, 0.5) is 9.59 Å². The van der Waals surface area contributed by atoms with Gasteiger partial charge < -0.3 is 40.0 Å². The summed E-state index contributed by atoms with van der Waals surface area (Å²) in [6.07, 6.45) is 2.19. The van der Waals surface area contributed by atoms with Crippen LogP contribution in [-0.4, -0.2) is 100 Å². The summed E-state index contributed by atoms with van der Waals surface area (Å²) in [5.41, 5.74) is 0.151. The van der Waals surface area contributed by atoms with Crippen molar-refractivity contribution in [3.8, 4) is 0 Å². The van der Waals surface area contributed by atoms with Crippen LogP contribution < -0.4 is 16.0 Å². The van der Waals surface area contributed by atoms with E-state index in [4.69, 9.17) is 14.0 Å². The fourth-order valence-electron chi connectivity index (χ4n) is 9.32. The van der Waals surface area contributed by atoms with Gasteiger partial charge in [-0.1, -0.05) is 72.2 Å². The van der Waals surface area contributed by atoms with Crippen molar-refractivity contribution in [1.29, 1.82) is 0 Å². The Morgan fingerprint density at radius 2 is 1.68 bits per heavy atom. The molecule has 3 aliphatic heterocycles. The highest BCUT2D eigenvalue weighted by atomic mass is 16.7. The summed E-state index contributed by atoms with van der Waals surface area (Å²) in [5, 5.41) is 18.4. The van der Waals surface area contributed by atoms with Gasteiger partial charge in [0.25, 0.3) is 0 Å². The van der Waals surface area contributed by atoms with Crippen LogP contribution in [-0.2, 0) is 36.7 Å². The SMILES string of the molecule is CCC[C@H](NC(=O)[C@@H]1C[C@@H](OC(=O)N2Cc3ccccc3C2)CN1C(=O)[C@@H](NC(=O)NC(C)(C)CO)C(C)(C)C)B1O[C@@H]2C[C@@H]3C[C@@H](C3(C)C)[C@]2(C)O1. The van der Waals surface area contributed by atoms with Crippen molar-refractivity contribution in [1.82, 2.24) is 25.8 Å². The number of amides is 5. The van der Waals surface area contributed by atoms with Crippen molar-refractivity contribution < 1.29 is 38.3 Å². The third kappa shape index (κ3) is 7.65. The number of hydrogen-bond donors (Lipinski definition) is 4. The van der Waals surface area contributed by atoms with Gasteiger partial charge in [-0.05, 0) is 73.8 Å². The number of rotatable bonds is 10. The zero-order valence-corrected chi connectivity index (χ0v) is 33.0. The Morgan fingerprint density at radius 1 is 1.02 bits per heavy atom. The number of ether oxygens (including phenoxy) is 1. The molecule has 0 radical (unpaired) electrons. The Kier molecular flexibility index (Phi) is 10.7. The average Bonchev–Trinajstić information content (AvgIpc) is 3.80. The van der Waals surface area contributed by atoms with Crippen LogP contribution in [0.25, 0.3) is 0 Å². The molecule has 3 aliphatic carbocycles. The van der Waals surface area contributed by atoms with E-state index >= 15 is 0 Å². The van der Waals surface area contributed by atoms with E-state index in [9.17, 15) is 24.3 Å². The van der Waals surface area contributed by atoms with Crippen LogP contribution in [0.3, 0.4) is 0 Å². The van der Waals surface area contributed by atoms with Gasteiger partial charge in [0.2, 0.25) is 11.8 Å². The first-order valence-electron chi connectivity index (χ1n) is 19.4. The first kappa shape index (κ1) is 39.3. The average molecular weight is 738 g/mol. The fraction of sp³-hybridized carbons (Fsp3) is 0.744. The Morgan fingerprint density at radius 3 is 2.26 bits per heavy atom. The van der Waals surface area contributed by atoms with E-state index in [1.807, 2.05) is 52.0 Å². The largest absolute Gasteiger partial charge is 0.481 e. The van der Waals surface area contributed by atoms with Crippen LogP contribution >= 0.6 is 0 Å². The third-order valence-electron chi connectivity index (χ3n) is 12.7. The maximum absolute atomic E-state index is 14.5. The molecular formula is C39H60BN5O8. The quantitative estimate of drug-likeness (QED) is 0.261. The van der Waals surface area contributed by atoms with Crippen LogP contribution in [0.15, 0.2) is 24.3 Å². The Balaban J connectivity index is 1.21. The van der Waals surface area contributed by atoms with Gasteiger partial charge in [0.05, 0.1) is 36.3 Å². The summed E-state index contributed by atoms with van der Waals surface area (Å²) >= 11 is 0. The van der Waals surface area contributed by atoms with Crippen molar-refractivity contribution in [3.63, 3.8) is 0 Å². The maximum atomic E-state index is 14.5. The summed E-state index contributed by atoms with van der Waals surface area (Å²) in [6, 6.07) is 5.20. The van der Waals surface area contributed by atoms with Gasteiger partial charge in [0, 0.05) is 19.5 Å². The molecule has 4 N–H and O–H groups in total. The number of aliphatic hydroxyl groups excluding tert-OH is 1. The highest BCUT2D eigenvalue weighted by Gasteiger charge is 2.68. The molecule has 0 spiro atoms. The van der Waals surface area contributed by atoms with E-state index in [-0.39, 0.29) is 37.0 Å². The molecule has 3 saturated carbocycles. The third-order valence-corrected chi connectivity index (χ3v) is 12.7. The molecule has 13 nitrogen and oxygen atoms in total. The predicted octanol–water partition coefficient (Wildman–Crippen LogP) is 4.15. The van der Waals surface area contributed by atoms with E-state index in [2.05, 4.69) is 36.7 Å². The van der Waals surface area contributed by atoms with Crippen LogP contribution in [0, 0.1) is 22.7 Å². The van der Waals surface area contributed by atoms with Crippen LogP contribution in [0.1, 0.15) is 106 Å². The molecule has 14 heteroatoms. The first-order chi connectivity index (χ1) is 24.8. The minimum absolute atomic E-state index is 0.0192. The number of nitrogens with zero attached hydrogens (tertiary/aromatic N) is 2. The van der Waals surface area contributed by atoms with Crippen molar-refractivity contribution in [2.24, 2.45) is 22.7 Å². The van der Waals surface area contributed by atoms with Crippen LogP contribution in [0.2, 0.25) is 0 Å². The summed E-state index contributed by atoms with van der Waals surface area (Å²) < 4.78 is 19.4. The lowest BCUT2D eigenvalue weighted by Gasteiger charge is -2.64. The minimum Gasteiger partial charge on any atom is -0.444 e. The molecule has 5 amide bonds. The lowest BCUT2D eigenvalue weighted by atomic mass is 9.43. The summed E-state index contributed by atoms with van der Waals surface area (Å²) in [4.78, 5) is 58.7. The van der Waals surface area contributed by atoms with E-state index in [0.29, 0.717) is 31.3 Å². The Bertz CT molecular complexity index is 1560. The van der Waals surface area contributed by atoms with Gasteiger partial charge in [0.1, 0.15) is 18.2 Å². The van der Waals surface area contributed by atoms with Gasteiger partial charge in [-0.2, -0.15) is 0 Å². The number of carbonyl (C=O) groups is 4. The smallest absolute Gasteiger partial charge is 0.444 e. The van der Waals surface area contributed by atoms with Crippen molar-refractivity contribution in [2.45, 2.75) is 149 Å². The lowest BCUT2D eigenvalue weighted by Crippen LogP contribution is -2.65. The highest BCUT2D eigenvalue weighted by molar-refractivity contribution is 6.48. The molecule has 5 fully saturated rings. The van der Waals surface area contributed by atoms with Gasteiger partial charge in [-0.3, -0.25) is 14.5 Å². The van der Waals surface area contributed by atoms with E-state index in [1.54, 1.807) is 18.7 Å². The second-order valence-electron chi connectivity index (χ2n) is 18.6. The topological polar surface area (TPSA) is 159 Å². The Labute approximate surface area is 314 Å². The summed E-state index contributed by atoms with van der Waals surface area (Å²) in [6.45, 7) is 18.2. The van der Waals surface area contributed by atoms with E-state index in [0.717, 1.165) is 30.4 Å². The summed E-state index contributed by atoms with van der Waals surface area (Å²) in [7, 11) is -0.636. The lowest BCUT2D eigenvalue weighted by molar-refractivity contribution is -0.199. The molecule has 0 aromatic heterocycles. The highest BCUT2D eigenvalue weighted by Crippen LogP contribution is 2.65. The number of benzene rings is 1. The number of carbonyl (C=O) groups excluding carboxylic acids is 4. The zero-order chi connectivity index (χ0) is 38.7. The molecule has 8 atom stereocenters. The number of likely N-dealkylation sites (tertiary alicyclic amines) is 1. The molecule has 3 heterocycles. The fourth-order valence-corrected chi connectivity index (χ4v) is 9.32. The number of urea groups is 1. The van der Waals surface area contributed by atoms with Gasteiger partial charge in [-0.15, -0.1) is 0 Å². The van der Waals surface area contributed by atoms with Gasteiger partial charge in [0.15, 0.2) is 0 Å². The van der Waals surface area contributed by atoms with Gasteiger partial charge >= 0.3 is 19.2 Å². The molecule has 292 valence electrons. The molecule has 0 unspecified atom stereocenters. The molecule has 6 aliphatic rings. The normalized spacial score (nSPS) is 29.8. The number of nitrogens with one attached hydrogen (secondary N) is 3. The number of fused-ring (bicyclic) bond motifs is 1.